The van der Waals surface area contributed by atoms with Gasteiger partial charge in [-0.1, -0.05) is 83.1 Å². The number of halogens is 3. The first-order valence-corrected chi connectivity index (χ1v) is 20.3. The summed E-state index contributed by atoms with van der Waals surface area (Å²) in [6.07, 6.45) is 7.04. The van der Waals surface area contributed by atoms with Crippen LogP contribution in [0.5, 0.6) is 0 Å². The molecule has 2 unspecified atom stereocenters. The molecule has 2 bridgehead atoms. The van der Waals surface area contributed by atoms with E-state index in [1.54, 1.807) is 54.9 Å². The molecule has 7 nitrogen and oxygen atoms in total. The van der Waals surface area contributed by atoms with Crippen LogP contribution in [0.15, 0.2) is 86.0 Å². The number of aryl methyl sites for hydroxylation is 1. The Hall–Kier alpha value is -4.00. The number of hydrogen-bond acceptors (Lipinski definition) is 7. The van der Waals surface area contributed by atoms with Crippen molar-refractivity contribution in [3.8, 4) is 0 Å². The van der Waals surface area contributed by atoms with Crippen LogP contribution in [-0.4, -0.2) is 55.8 Å². The smallest absolute Gasteiger partial charge is 0.311 e. The minimum Gasteiger partial charge on any atom is -0.469 e. The Labute approximate surface area is 333 Å². The molecule has 3 aromatic carbocycles. The summed E-state index contributed by atoms with van der Waals surface area (Å²) in [5.41, 5.74) is 8.44. The van der Waals surface area contributed by atoms with Crippen LogP contribution in [0.2, 0.25) is 0 Å². The van der Waals surface area contributed by atoms with E-state index >= 15 is 8.78 Å². The summed E-state index contributed by atoms with van der Waals surface area (Å²) in [6.45, 7) is 10.8. The van der Waals surface area contributed by atoms with Gasteiger partial charge in [0.15, 0.2) is 17.5 Å². The van der Waals surface area contributed by atoms with E-state index in [0.29, 0.717) is 34.7 Å². The molecule has 1 aliphatic heterocycles. The molecule has 0 spiro atoms. The summed E-state index contributed by atoms with van der Waals surface area (Å²) in [5.74, 6) is -1.37. The number of methoxy groups -OCH3 is 2. The molecule has 0 radical (unpaired) electrons. The number of fused-ring (bicyclic) bond motifs is 5. The Bertz CT molecular complexity index is 1960. The lowest BCUT2D eigenvalue weighted by atomic mass is 9.87. The monoisotopic (exact) mass is 796 g/mol. The highest BCUT2D eigenvalue weighted by molar-refractivity contribution is 8.02. The summed E-state index contributed by atoms with van der Waals surface area (Å²) in [5, 5.41) is 2.57. The number of hydrogen-bond donors (Lipinski definition) is 1. The van der Waals surface area contributed by atoms with Crippen molar-refractivity contribution in [2.24, 2.45) is 40.0 Å². The summed E-state index contributed by atoms with van der Waals surface area (Å²) in [6, 6.07) is 16.0. The minimum atomic E-state index is -0.935. The van der Waals surface area contributed by atoms with Crippen LogP contribution in [0.3, 0.4) is 0 Å². The second kappa shape index (κ2) is 21.9. The van der Waals surface area contributed by atoms with Crippen molar-refractivity contribution in [1.29, 1.82) is 0 Å². The lowest BCUT2D eigenvalue weighted by molar-refractivity contribution is -0.147. The number of carbonyl (C=O) groups is 1. The van der Waals surface area contributed by atoms with Gasteiger partial charge in [0.25, 0.3) is 0 Å². The predicted molar refractivity (Wildman–Crippen MR) is 225 cm³/mol. The minimum absolute atomic E-state index is 0.00632. The molecule has 2 heterocycles. The van der Waals surface area contributed by atoms with E-state index < -0.39 is 17.5 Å². The second-order valence-corrected chi connectivity index (χ2v) is 15.8. The molecular weight excluding hydrogens is 742 g/mol. The maximum absolute atomic E-state index is 15.6. The number of thioether (sulfide) groups is 1. The van der Waals surface area contributed by atoms with Crippen LogP contribution in [0.1, 0.15) is 70.6 Å². The van der Waals surface area contributed by atoms with Gasteiger partial charge in [0.2, 0.25) is 0 Å². The third-order valence-corrected chi connectivity index (χ3v) is 11.5. The fourth-order valence-corrected chi connectivity index (χ4v) is 7.96. The van der Waals surface area contributed by atoms with E-state index in [2.05, 4.69) is 23.8 Å². The summed E-state index contributed by atoms with van der Waals surface area (Å²) < 4.78 is 57.0. The Morgan fingerprint density at radius 2 is 1.80 bits per heavy atom. The van der Waals surface area contributed by atoms with Gasteiger partial charge in [-0.2, -0.15) is 0 Å². The number of benzene rings is 3. The van der Waals surface area contributed by atoms with Gasteiger partial charge in [-0.15, -0.1) is 11.8 Å². The average molecular weight is 797 g/mol. The largest absolute Gasteiger partial charge is 0.469 e. The highest BCUT2D eigenvalue weighted by Crippen LogP contribution is 2.41. The van der Waals surface area contributed by atoms with E-state index in [0.717, 1.165) is 42.3 Å². The molecule has 4 aromatic rings. The van der Waals surface area contributed by atoms with E-state index in [1.165, 1.54) is 20.2 Å². The van der Waals surface area contributed by atoms with E-state index in [1.807, 2.05) is 62.6 Å². The van der Waals surface area contributed by atoms with Gasteiger partial charge in [0.05, 0.1) is 35.6 Å². The SMILES string of the molecule is CC.CN=C1N=C(N)C(C)CCCC(C)(C)CS/C=C/c2c(c(F)c(F)c3c2ccn3C)Sc2ccc(F)c1c2.COCC(Cc1ccccc1)C(=O)OC. The first-order valence-electron chi connectivity index (χ1n) is 18.4. The molecule has 298 valence electrons. The van der Waals surface area contributed by atoms with Gasteiger partial charge in [0, 0.05) is 54.9 Å². The fourth-order valence-electron chi connectivity index (χ4n) is 6.02. The molecule has 1 aliphatic rings. The fraction of sp³-hybridized carbons (Fsp3) is 0.419. The molecule has 0 saturated carbocycles. The molecule has 55 heavy (non-hydrogen) atoms. The Morgan fingerprint density at radius 1 is 1.09 bits per heavy atom. The van der Waals surface area contributed by atoms with Crippen LogP contribution in [-0.2, 0) is 27.7 Å². The van der Waals surface area contributed by atoms with Gasteiger partial charge in [-0.05, 0) is 66.0 Å². The topological polar surface area (TPSA) is 91.2 Å². The number of aliphatic imine (C=N–C) groups is 2. The number of nitrogens with zero attached hydrogens (tertiary/aromatic N) is 3. The predicted octanol–water partition coefficient (Wildman–Crippen LogP) is 10.7. The summed E-state index contributed by atoms with van der Waals surface area (Å²) in [7, 11) is 6.21. The number of carbonyl (C=O) groups excluding carboxylic acids is 1. The second-order valence-electron chi connectivity index (χ2n) is 13.8. The van der Waals surface area contributed by atoms with Crippen LogP contribution < -0.4 is 5.73 Å². The molecule has 0 saturated heterocycles. The molecule has 1 aromatic heterocycles. The highest BCUT2D eigenvalue weighted by atomic mass is 32.2. The summed E-state index contributed by atoms with van der Waals surface area (Å²) >= 11 is 2.70. The van der Waals surface area contributed by atoms with Crippen molar-refractivity contribution in [3.63, 3.8) is 0 Å². The van der Waals surface area contributed by atoms with E-state index in [4.69, 9.17) is 15.2 Å². The highest BCUT2D eigenvalue weighted by Gasteiger charge is 2.24. The Balaban J connectivity index is 0.000000400. The van der Waals surface area contributed by atoms with Crippen molar-refractivity contribution < 1.29 is 27.4 Å². The molecular formula is C43H55F3N4O3S2. The van der Waals surface area contributed by atoms with Gasteiger partial charge in [-0.25, -0.2) is 18.2 Å². The third kappa shape index (κ3) is 12.5. The number of esters is 1. The molecule has 0 fully saturated rings. The first-order chi connectivity index (χ1) is 26.3. The van der Waals surface area contributed by atoms with Crippen LogP contribution >= 0.6 is 23.5 Å². The Morgan fingerprint density at radius 3 is 2.45 bits per heavy atom. The standard InChI is InChI=1S/C29H33F3N4S2.C12H16O3.C2H6/c1-17-7-6-12-29(2,3)16-37-14-11-20-19-10-13-36(5)25(19)23(31)24(32)26(20)38-18-8-9-22(30)21(15-18)28(34-4)35-27(17)33;1-14-9-11(12(13)15-2)8-10-6-4-3-5-7-10;1-2/h8-11,13-15,17H,6-7,12,16H2,1-5H3,(H2,33,34,35);3-7,11H,8-9H2,1-2H3;1-2H3/b14-11+;;. The van der Waals surface area contributed by atoms with Gasteiger partial charge >= 0.3 is 5.97 Å². The third-order valence-electron chi connectivity index (χ3n) is 9.08. The number of amidine groups is 2. The lowest BCUT2D eigenvalue weighted by Crippen LogP contribution is -2.24. The van der Waals surface area contributed by atoms with Gasteiger partial charge < -0.3 is 19.8 Å². The molecule has 0 amide bonds. The van der Waals surface area contributed by atoms with Crippen molar-refractivity contribution in [2.75, 3.05) is 33.6 Å². The Kier molecular flexibility index (Phi) is 18.1. The number of ether oxygens (including phenoxy) is 2. The zero-order chi connectivity index (χ0) is 40.7. The molecule has 2 atom stereocenters. The maximum atomic E-state index is 15.6. The van der Waals surface area contributed by atoms with Gasteiger partial charge in [-0.3, -0.25) is 9.79 Å². The van der Waals surface area contributed by atoms with Crippen molar-refractivity contribution >= 4 is 58.1 Å². The van der Waals surface area contributed by atoms with Crippen LogP contribution in [0, 0.1) is 34.7 Å². The molecule has 2 N–H and O–H groups in total. The molecule has 0 aliphatic carbocycles. The van der Waals surface area contributed by atoms with Crippen LogP contribution in [0.4, 0.5) is 13.2 Å². The normalized spacial score (nSPS) is 17.9. The first kappa shape index (κ1) is 45.4. The number of rotatable bonds is 5. The zero-order valence-corrected chi connectivity index (χ0v) is 35.1. The van der Waals surface area contributed by atoms with Crippen LogP contribution in [0.25, 0.3) is 17.0 Å². The van der Waals surface area contributed by atoms with Crippen molar-refractivity contribution in [1.82, 2.24) is 4.57 Å². The van der Waals surface area contributed by atoms with Gasteiger partial charge in [0.1, 0.15) is 11.7 Å². The summed E-state index contributed by atoms with van der Waals surface area (Å²) in [4.78, 5) is 20.7. The molecule has 5 rings (SSSR count). The van der Waals surface area contributed by atoms with E-state index in [-0.39, 0.29) is 45.0 Å². The average Bonchev–Trinajstić information content (AvgIpc) is 3.57. The quantitative estimate of drug-likeness (QED) is 0.202. The number of aromatic nitrogens is 1. The number of nitrogens with two attached hydrogens (primary N) is 1. The zero-order valence-electron chi connectivity index (χ0n) is 33.4. The van der Waals surface area contributed by atoms with Crippen molar-refractivity contribution in [3.05, 3.63) is 100 Å². The molecule has 12 heteroatoms. The lowest BCUT2D eigenvalue weighted by Gasteiger charge is -2.24. The van der Waals surface area contributed by atoms with Crippen molar-refractivity contribution in [2.45, 2.75) is 70.1 Å². The maximum Gasteiger partial charge on any atom is 0.311 e. The van der Waals surface area contributed by atoms with E-state index in [9.17, 15) is 9.18 Å².